The van der Waals surface area contributed by atoms with Gasteiger partial charge in [0.1, 0.15) is 5.75 Å². The summed E-state index contributed by atoms with van der Waals surface area (Å²) in [6.45, 7) is 10.6. The van der Waals surface area contributed by atoms with Crippen LogP contribution in [0, 0.1) is 0 Å². The van der Waals surface area contributed by atoms with Crippen molar-refractivity contribution in [3.63, 3.8) is 0 Å². The molecule has 0 radical (unpaired) electrons. The molecule has 35 heavy (non-hydrogen) atoms. The Balaban J connectivity index is 1.16. The second-order valence-corrected chi connectivity index (χ2v) is 9.42. The van der Waals surface area contributed by atoms with Crippen molar-refractivity contribution < 1.29 is 9.53 Å². The molecule has 1 aliphatic rings. The summed E-state index contributed by atoms with van der Waals surface area (Å²) in [4.78, 5) is 17.2. The van der Waals surface area contributed by atoms with Crippen LogP contribution in [0.1, 0.15) is 25.0 Å². The normalized spacial score (nSPS) is 14.1. The number of likely N-dealkylation sites (tertiary alicyclic amines) is 1. The molecule has 0 unspecified atom stereocenters. The van der Waals surface area contributed by atoms with E-state index in [0.29, 0.717) is 23.4 Å². The van der Waals surface area contributed by atoms with Crippen molar-refractivity contribution in [2.75, 3.05) is 32.7 Å². The molecule has 5 nitrogen and oxygen atoms in total. The minimum atomic E-state index is -0.443. The number of hydrogen-bond acceptors (Lipinski definition) is 4. The quantitative estimate of drug-likeness (QED) is 0.385. The van der Waals surface area contributed by atoms with Gasteiger partial charge in [-0.3, -0.25) is 9.80 Å². The lowest BCUT2D eigenvalue weighted by Crippen LogP contribution is -2.58. The van der Waals surface area contributed by atoms with E-state index in [9.17, 15) is 4.79 Å². The molecular formula is C29H34ClN3O2. The fourth-order valence-electron chi connectivity index (χ4n) is 4.52. The number of amides is 1. The summed E-state index contributed by atoms with van der Waals surface area (Å²) < 4.78 is 5.41. The van der Waals surface area contributed by atoms with E-state index in [-0.39, 0.29) is 0 Å². The average molecular weight is 492 g/mol. The molecule has 0 spiro atoms. The van der Waals surface area contributed by atoms with Crippen molar-refractivity contribution in [1.29, 1.82) is 0 Å². The van der Waals surface area contributed by atoms with Gasteiger partial charge in [-0.1, -0.05) is 74.0 Å². The zero-order chi connectivity index (χ0) is 24.6. The molecule has 0 bridgehead atoms. The van der Waals surface area contributed by atoms with Gasteiger partial charge in [-0.05, 0) is 66.0 Å². The molecule has 1 N–H and O–H groups in total. The molecule has 1 saturated heterocycles. The van der Waals surface area contributed by atoms with Crippen LogP contribution >= 0.6 is 11.6 Å². The molecule has 0 atom stereocenters. The molecular weight excluding hydrogens is 458 g/mol. The van der Waals surface area contributed by atoms with Crippen molar-refractivity contribution >= 4 is 17.7 Å². The van der Waals surface area contributed by atoms with Gasteiger partial charge in [0, 0.05) is 37.2 Å². The smallest absolute Gasteiger partial charge is 0.410 e. The summed E-state index contributed by atoms with van der Waals surface area (Å²) >= 11 is 5.95. The highest BCUT2D eigenvalue weighted by molar-refractivity contribution is 6.30. The maximum Gasteiger partial charge on any atom is 0.412 e. The number of benzene rings is 3. The first-order chi connectivity index (χ1) is 17.0. The third-order valence-corrected chi connectivity index (χ3v) is 6.87. The lowest BCUT2D eigenvalue weighted by atomic mass is 10.0. The Bertz CT molecular complexity index is 1070. The van der Waals surface area contributed by atoms with Crippen LogP contribution in [0.4, 0.5) is 4.79 Å². The van der Waals surface area contributed by atoms with E-state index >= 15 is 0 Å². The number of rotatable bonds is 10. The molecule has 6 heteroatoms. The Kier molecular flexibility index (Phi) is 8.80. The van der Waals surface area contributed by atoms with Gasteiger partial charge in [0.25, 0.3) is 0 Å². The number of carbonyl (C=O) groups excluding carboxylic acids is 1. The van der Waals surface area contributed by atoms with E-state index in [0.717, 1.165) is 50.3 Å². The van der Waals surface area contributed by atoms with Crippen LogP contribution in [0.5, 0.6) is 5.75 Å². The molecule has 184 valence electrons. The summed E-state index contributed by atoms with van der Waals surface area (Å²) in [7, 11) is 0. The molecule has 4 rings (SSSR count). The number of nitrogens with zero attached hydrogens (tertiary/aromatic N) is 2. The standard InChI is InChI=1S/C29H34ClN3O2/c1-3-33(4-2)27-20-32(21-27)19-23-7-5-22(6-8-23)17-18-31-29(34)35-28-15-11-25(12-16-28)24-9-13-26(30)14-10-24/h5-16,27H,3-4,17-21H2,1-2H3,(H,31,34). The van der Waals surface area contributed by atoms with Gasteiger partial charge < -0.3 is 10.1 Å². The van der Waals surface area contributed by atoms with Gasteiger partial charge in [0.05, 0.1) is 0 Å². The molecule has 3 aromatic rings. The molecule has 0 aliphatic carbocycles. The van der Waals surface area contributed by atoms with Crippen LogP contribution in [-0.4, -0.2) is 54.7 Å². The Labute approximate surface area is 213 Å². The topological polar surface area (TPSA) is 44.8 Å². The van der Waals surface area contributed by atoms with Gasteiger partial charge in [-0.25, -0.2) is 4.79 Å². The Morgan fingerprint density at radius 3 is 2.09 bits per heavy atom. The zero-order valence-electron chi connectivity index (χ0n) is 20.5. The minimum absolute atomic E-state index is 0.443. The van der Waals surface area contributed by atoms with E-state index < -0.39 is 6.09 Å². The third kappa shape index (κ3) is 7.07. The fraction of sp³-hybridized carbons (Fsp3) is 0.345. The maximum atomic E-state index is 12.2. The van der Waals surface area contributed by atoms with Crippen molar-refractivity contribution in [3.8, 4) is 16.9 Å². The van der Waals surface area contributed by atoms with E-state index in [4.69, 9.17) is 16.3 Å². The van der Waals surface area contributed by atoms with E-state index in [1.54, 1.807) is 12.1 Å². The number of carbonyl (C=O) groups is 1. The van der Waals surface area contributed by atoms with Crippen LogP contribution < -0.4 is 10.1 Å². The average Bonchev–Trinajstić information content (AvgIpc) is 2.85. The third-order valence-electron chi connectivity index (χ3n) is 6.62. The Hall–Kier alpha value is -2.86. The molecule has 3 aromatic carbocycles. The van der Waals surface area contributed by atoms with E-state index in [2.05, 4.69) is 53.2 Å². The molecule has 0 saturated carbocycles. The second-order valence-electron chi connectivity index (χ2n) is 8.98. The SMILES string of the molecule is CCN(CC)C1CN(Cc2ccc(CCNC(=O)Oc3ccc(-c4ccc(Cl)cc4)cc3)cc2)C1. The van der Waals surface area contributed by atoms with Crippen LogP contribution in [0.3, 0.4) is 0 Å². The number of nitrogens with one attached hydrogen (secondary N) is 1. The molecule has 1 amide bonds. The van der Waals surface area contributed by atoms with Gasteiger partial charge >= 0.3 is 6.09 Å². The molecule has 1 aliphatic heterocycles. The molecule has 0 aromatic heterocycles. The van der Waals surface area contributed by atoms with Crippen molar-refractivity contribution in [2.24, 2.45) is 0 Å². The van der Waals surface area contributed by atoms with Crippen molar-refractivity contribution in [3.05, 3.63) is 88.9 Å². The lowest BCUT2D eigenvalue weighted by Gasteiger charge is -2.45. The maximum absolute atomic E-state index is 12.2. The largest absolute Gasteiger partial charge is 0.412 e. The van der Waals surface area contributed by atoms with Gasteiger partial charge in [0.2, 0.25) is 0 Å². The highest BCUT2D eigenvalue weighted by Crippen LogP contribution is 2.24. The summed E-state index contributed by atoms with van der Waals surface area (Å²) in [5.41, 5.74) is 4.63. The summed E-state index contributed by atoms with van der Waals surface area (Å²) in [5.74, 6) is 0.513. The van der Waals surface area contributed by atoms with Crippen LogP contribution in [0.25, 0.3) is 11.1 Å². The monoisotopic (exact) mass is 491 g/mol. The predicted molar refractivity (Wildman–Crippen MR) is 143 cm³/mol. The number of halogens is 1. The molecule has 1 heterocycles. The number of likely N-dealkylation sites (N-methyl/N-ethyl adjacent to an activating group) is 1. The van der Waals surface area contributed by atoms with Crippen molar-refractivity contribution in [2.45, 2.75) is 32.9 Å². The first-order valence-electron chi connectivity index (χ1n) is 12.4. The van der Waals surface area contributed by atoms with E-state index in [1.165, 1.54) is 11.1 Å². The summed E-state index contributed by atoms with van der Waals surface area (Å²) in [6, 6.07) is 24.5. The summed E-state index contributed by atoms with van der Waals surface area (Å²) in [6.07, 6.45) is 0.319. The second kappa shape index (κ2) is 12.2. The van der Waals surface area contributed by atoms with Gasteiger partial charge in [0.15, 0.2) is 0 Å². The fourth-order valence-corrected chi connectivity index (χ4v) is 4.65. The van der Waals surface area contributed by atoms with E-state index in [1.807, 2.05) is 36.4 Å². The number of hydrogen-bond donors (Lipinski definition) is 1. The van der Waals surface area contributed by atoms with Gasteiger partial charge in [-0.15, -0.1) is 0 Å². The minimum Gasteiger partial charge on any atom is -0.410 e. The Morgan fingerprint density at radius 1 is 0.914 bits per heavy atom. The van der Waals surface area contributed by atoms with Crippen molar-refractivity contribution in [1.82, 2.24) is 15.1 Å². The lowest BCUT2D eigenvalue weighted by molar-refractivity contribution is 0.0345. The highest BCUT2D eigenvalue weighted by Gasteiger charge is 2.29. The predicted octanol–water partition coefficient (Wildman–Crippen LogP) is 5.86. The zero-order valence-corrected chi connectivity index (χ0v) is 21.3. The van der Waals surface area contributed by atoms with Crippen LogP contribution in [0.2, 0.25) is 5.02 Å². The summed E-state index contributed by atoms with van der Waals surface area (Å²) in [5, 5.41) is 3.54. The highest BCUT2D eigenvalue weighted by atomic mass is 35.5. The van der Waals surface area contributed by atoms with Crippen LogP contribution in [0.15, 0.2) is 72.8 Å². The number of ether oxygens (including phenoxy) is 1. The first-order valence-corrected chi connectivity index (χ1v) is 12.8. The molecule has 1 fully saturated rings. The Morgan fingerprint density at radius 2 is 1.49 bits per heavy atom. The van der Waals surface area contributed by atoms with Crippen LogP contribution in [-0.2, 0) is 13.0 Å². The first kappa shape index (κ1) is 25.2. The van der Waals surface area contributed by atoms with Gasteiger partial charge in [-0.2, -0.15) is 0 Å².